The van der Waals surface area contributed by atoms with E-state index in [1.54, 1.807) is 0 Å². The fraction of sp³-hybridized carbons (Fsp3) is 0.478. The first-order valence-corrected chi connectivity index (χ1v) is 10.3. The minimum Gasteiger partial charge on any atom is -0.373 e. The smallest absolute Gasteiger partial charge is 0.0918 e. The van der Waals surface area contributed by atoms with Crippen LogP contribution in [0.1, 0.15) is 43.4 Å². The van der Waals surface area contributed by atoms with Gasteiger partial charge in [-0.1, -0.05) is 31.2 Å². The molecule has 2 fully saturated rings. The van der Waals surface area contributed by atoms with Crippen LogP contribution in [0.25, 0.3) is 10.9 Å². The highest BCUT2D eigenvalue weighted by Crippen LogP contribution is 2.34. The number of aromatic amines is 1. The maximum atomic E-state index is 4.37. The van der Waals surface area contributed by atoms with E-state index in [0.717, 1.165) is 31.4 Å². The number of aryl methyl sites for hydroxylation is 1. The Kier molecular flexibility index (Phi) is 5.15. The van der Waals surface area contributed by atoms with Crippen molar-refractivity contribution in [2.24, 2.45) is 5.92 Å². The number of hydrogen-bond donors (Lipinski definition) is 3. The van der Waals surface area contributed by atoms with Gasteiger partial charge in [-0.3, -0.25) is 0 Å². The lowest BCUT2D eigenvalue weighted by atomic mass is 9.82. The number of fused-ring (bicyclic) bond motifs is 1. The molecule has 1 aromatic heterocycles. The molecule has 4 rings (SSSR count). The second kappa shape index (κ2) is 7.71. The molecular formula is C23H32N4. The molecule has 27 heavy (non-hydrogen) atoms. The van der Waals surface area contributed by atoms with Crippen LogP contribution in [-0.2, 0) is 6.54 Å². The van der Waals surface area contributed by atoms with Crippen LogP contribution in [0.2, 0.25) is 0 Å². The highest BCUT2D eigenvalue weighted by Gasteiger charge is 2.28. The molecule has 1 aromatic carbocycles. The summed E-state index contributed by atoms with van der Waals surface area (Å²) >= 11 is 0. The molecular weight excluding hydrogens is 332 g/mol. The summed E-state index contributed by atoms with van der Waals surface area (Å²) in [6, 6.07) is 9.16. The van der Waals surface area contributed by atoms with E-state index in [4.69, 9.17) is 0 Å². The first-order chi connectivity index (χ1) is 13.1. The summed E-state index contributed by atoms with van der Waals surface area (Å²) in [4.78, 5) is 5.98. The number of piperidine rings is 1. The Labute approximate surface area is 162 Å². The number of allylic oxidation sites excluding steroid dienone is 1. The molecule has 4 nitrogen and oxygen atoms in total. The number of nitrogens with one attached hydrogen (secondary N) is 3. The molecule has 1 atom stereocenters. The molecule has 0 amide bonds. The van der Waals surface area contributed by atoms with Gasteiger partial charge in [-0.25, -0.2) is 0 Å². The van der Waals surface area contributed by atoms with Crippen molar-refractivity contribution in [3.8, 4) is 0 Å². The predicted molar refractivity (Wildman–Crippen MR) is 113 cm³/mol. The average molecular weight is 365 g/mol. The Morgan fingerprint density at radius 1 is 1.19 bits per heavy atom. The van der Waals surface area contributed by atoms with Crippen molar-refractivity contribution in [2.45, 2.75) is 51.6 Å². The Balaban J connectivity index is 1.27. The summed E-state index contributed by atoms with van der Waals surface area (Å²) in [5, 5.41) is 8.29. The van der Waals surface area contributed by atoms with Gasteiger partial charge < -0.3 is 20.5 Å². The maximum absolute atomic E-state index is 4.37. The third-order valence-corrected chi connectivity index (χ3v) is 6.11. The van der Waals surface area contributed by atoms with Gasteiger partial charge in [0.25, 0.3) is 0 Å². The third-order valence-electron chi connectivity index (χ3n) is 6.11. The van der Waals surface area contributed by atoms with Gasteiger partial charge >= 0.3 is 0 Å². The van der Waals surface area contributed by atoms with E-state index in [9.17, 15) is 0 Å². The van der Waals surface area contributed by atoms with Gasteiger partial charge in [-0.15, -0.1) is 0 Å². The van der Waals surface area contributed by atoms with Crippen LogP contribution in [0.4, 0.5) is 0 Å². The van der Waals surface area contributed by atoms with E-state index >= 15 is 0 Å². The molecule has 2 aromatic rings. The van der Waals surface area contributed by atoms with E-state index in [-0.39, 0.29) is 0 Å². The molecule has 2 heterocycles. The number of benzene rings is 1. The molecule has 2 aliphatic rings. The van der Waals surface area contributed by atoms with Crippen molar-refractivity contribution in [1.82, 2.24) is 20.5 Å². The molecule has 1 saturated carbocycles. The van der Waals surface area contributed by atoms with Gasteiger partial charge in [-0.05, 0) is 62.1 Å². The Bertz CT molecular complexity index is 830. The monoisotopic (exact) mass is 364 g/mol. The first kappa shape index (κ1) is 18.0. The van der Waals surface area contributed by atoms with Crippen molar-refractivity contribution in [3.05, 3.63) is 60.2 Å². The largest absolute Gasteiger partial charge is 0.373 e. The maximum Gasteiger partial charge on any atom is 0.0918 e. The fourth-order valence-corrected chi connectivity index (χ4v) is 4.26. The van der Waals surface area contributed by atoms with Crippen molar-refractivity contribution >= 4 is 10.9 Å². The SMILES string of the molecule is C=C(NCc1cc2cc(C)ccc2[nH]1)NC1CCCN(C(=C)C2CCC2)C1. The molecule has 0 radical (unpaired) electrons. The standard InChI is InChI=1S/C23H32N4/c1-16-9-10-23-20(12-16)13-22(26-23)14-24-18(3)25-21-8-5-11-27(15-21)17(2)19-6-4-7-19/h9-10,12-13,19,21,24-26H,2-8,11,14-15H2,1H3. The molecule has 1 aliphatic carbocycles. The van der Waals surface area contributed by atoms with E-state index in [0.29, 0.717) is 6.04 Å². The zero-order chi connectivity index (χ0) is 18.8. The van der Waals surface area contributed by atoms with Gasteiger partial charge in [0.1, 0.15) is 0 Å². The Hall–Kier alpha value is -2.36. The number of hydrogen-bond acceptors (Lipinski definition) is 3. The summed E-state index contributed by atoms with van der Waals surface area (Å²) in [5.74, 6) is 1.64. The first-order valence-electron chi connectivity index (χ1n) is 10.3. The second-order valence-corrected chi connectivity index (χ2v) is 8.27. The van der Waals surface area contributed by atoms with Crippen molar-refractivity contribution in [1.29, 1.82) is 0 Å². The summed E-state index contributed by atoms with van der Waals surface area (Å²) in [6.45, 7) is 13.6. The van der Waals surface area contributed by atoms with Crippen LogP contribution in [0, 0.1) is 12.8 Å². The van der Waals surface area contributed by atoms with Crippen molar-refractivity contribution in [2.75, 3.05) is 13.1 Å². The Morgan fingerprint density at radius 3 is 2.81 bits per heavy atom. The third kappa shape index (κ3) is 4.15. The topological polar surface area (TPSA) is 43.1 Å². The van der Waals surface area contributed by atoms with Crippen LogP contribution < -0.4 is 10.6 Å². The van der Waals surface area contributed by atoms with Crippen molar-refractivity contribution in [3.63, 3.8) is 0 Å². The average Bonchev–Trinajstić information content (AvgIpc) is 3.00. The molecule has 4 heteroatoms. The molecule has 3 N–H and O–H groups in total. The van der Waals surface area contributed by atoms with Crippen LogP contribution in [-0.4, -0.2) is 29.0 Å². The Morgan fingerprint density at radius 2 is 2.04 bits per heavy atom. The predicted octanol–water partition coefficient (Wildman–Crippen LogP) is 4.40. The molecule has 1 aliphatic heterocycles. The number of nitrogens with zero attached hydrogens (tertiary/aromatic N) is 1. The summed E-state index contributed by atoms with van der Waals surface area (Å²) in [5.41, 5.74) is 5.02. The number of H-pyrrole nitrogens is 1. The molecule has 1 saturated heterocycles. The van der Waals surface area contributed by atoms with Crippen LogP contribution in [0.5, 0.6) is 0 Å². The second-order valence-electron chi connectivity index (χ2n) is 8.27. The van der Waals surface area contributed by atoms with Crippen LogP contribution in [0.3, 0.4) is 0 Å². The van der Waals surface area contributed by atoms with Gasteiger partial charge in [0.2, 0.25) is 0 Å². The molecule has 0 bridgehead atoms. The fourth-order valence-electron chi connectivity index (χ4n) is 4.26. The van der Waals surface area contributed by atoms with Gasteiger partial charge in [0.15, 0.2) is 0 Å². The summed E-state index contributed by atoms with van der Waals surface area (Å²) in [6.07, 6.45) is 6.43. The zero-order valence-electron chi connectivity index (χ0n) is 16.5. The zero-order valence-corrected chi connectivity index (χ0v) is 16.5. The minimum atomic E-state index is 0.445. The molecule has 0 spiro atoms. The number of rotatable bonds is 7. The van der Waals surface area contributed by atoms with E-state index < -0.39 is 0 Å². The van der Waals surface area contributed by atoms with E-state index in [1.807, 2.05) is 0 Å². The van der Waals surface area contributed by atoms with Gasteiger partial charge in [0, 0.05) is 36.0 Å². The summed E-state index contributed by atoms with van der Waals surface area (Å²) < 4.78 is 0. The lowest BCUT2D eigenvalue weighted by Crippen LogP contribution is -2.47. The van der Waals surface area contributed by atoms with Crippen LogP contribution >= 0.6 is 0 Å². The quantitative estimate of drug-likeness (QED) is 0.682. The highest BCUT2D eigenvalue weighted by molar-refractivity contribution is 5.81. The lowest BCUT2D eigenvalue weighted by Gasteiger charge is -2.41. The van der Waals surface area contributed by atoms with E-state index in [1.165, 1.54) is 60.0 Å². The molecule has 144 valence electrons. The number of aromatic nitrogens is 1. The number of likely N-dealkylation sites (tertiary alicyclic amines) is 1. The van der Waals surface area contributed by atoms with Crippen LogP contribution in [0.15, 0.2) is 48.9 Å². The van der Waals surface area contributed by atoms with E-state index in [2.05, 4.69) is 64.9 Å². The van der Waals surface area contributed by atoms with Crippen molar-refractivity contribution < 1.29 is 0 Å². The minimum absolute atomic E-state index is 0.445. The highest BCUT2D eigenvalue weighted by atomic mass is 15.2. The molecule has 1 unspecified atom stereocenters. The normalized spacial score (nSPS) is 20.3. The van der Waals surface area contributed by atoms with Gasteiger partial charge in [-0.2, -0.15) is 0 Å². The van der Waals surface area contributed by atoms with Gasteiger partial charge in [0.05, 0.1) is 12.4 Å². The lowest BCUT2D eigenvalue weighted by molar-refractivity contribution is 0.193. The summed E-state index contributed by atoms with van der Waals surface area (Å²) in [7, 11) is 0.